The van der Waals surface area contributed by atoms with Gasteiger partial charge in [0.05, 0.1) is 16.9 Å². The van der Waals surface area contributed by atoms with Gasteiger partial charge in [-0.1, -0.05) is 25.1 Å². The molecule has 0 fully saturated rings. The van der Waals surface area contributed by atoms with Crippen molar-refractivity contribution in [3.05, 3.63) is 53.6 Å². The molecule has 0 aliphatic heterocycles. The predicted molar refractivity (Wildman–Crippen MR) is 75.0 cm³/mol. The van der Waals surface area contributed by atoms with Gasteiger partial charge in [0, 0.05) is 5.69 Å². The standard InChI is InChI=1S/C15H15F3N2/c1-2-10-5-3-4-6-13(10)20-14-8-7-11(9-12(14)19)15(16,17)18/h3-9,20H,2,19H2,1H3. The topological polar surface area (TPSA) is 38.0 Å². The fraction of sp³-hybridized carbons (Fsp3) is 0.200. The van der Waals surface area contributed by atoms with Gasteiger partial charge in [0.25, 0.3) is 0 Å². The molecule has 5 heteroatoms. The number of hydrogen-bond donors (Lipinski definition) is 2. The Balaban J connectivity index is 2.31. The van der Waals surface area contributed by atoms with Gasteiger partial charge in [-0.25, -0.2) is 0 Å². The SMILES string of the molecule is CCc1ccccc1Nc1ccc(C(F)(F)F)cc1N. The average molecular weight is 280 g/mol. The first-order valence-electron chi connectivity index (χ1n) is 6.23. The van der Waals surface area contributed by atoms with Crippen molar-refractivity contribution in [3.63, 3.8) is 0 Å². The first-order chi connectivity index (χ1) is 9.41. The molecule has 0 bridgehead atoms. The third-order valence-corrected chi connectivity index (χ3v) is 3.05. The monoisotopic (exact) mass is 280 g/mol. The van der Waals surface area contributed by atoms with Crippen molar-refractivity contribution in [1.29, 1.82) is 0 Å². The molecule has 0 unspecified atom stereocenters. The molecule has 0 aliphatic rings. The lowest BCUT2D eigenvalue weighted by molar-refractivity contribution is -0.137. The van der Waals surface area contributed by atoms with Crippen LogP contribution in [0.5, 0.6) is 0 Å². The van der Waals surface area contributed by atoms with Crippen LogP contribution in [-0.4, -0.2) is 0 Å². The molecule has 0 saturated carbocycles. The maximum Gasteiger partial charge on any atom is 0.416 e. The van der Waals surface area contributed by atoms with Gasteiger partial charge in [-0.3, -0.25) is 0 Å². The highest BCUT2D eigenvalue weighted by Gasteiger charge is 2.30. The molecule has 0 amide bonds. The van der Waals surface area contributed by atoms with Crippen LogP contribution >= 0.6 is 0 Å². The maximum atomic E-state index is 12.6. The van der Waals surface area contributed by atoms with E-state index in [9.17, 15) is 13.2 Å². The van der Waals surface area contributed by atoms with E-state index in [4.69, 9.17) is 5.73 Å². The molecule has 2 rings (SSSR count). The van der Waals surface area contributed by atoms with Crippen LogP contribution in [0.15, 0.2) is 42.5 Å². The number of nitrogens with two attached hydrogens (primary N) is 1. The normalized spacial score (nSPS) is 11.4. The smallest absolute Gasteiger partial charge is 0.397 e. The summed E-state index contributed by atoms with van der Waals surface area (Å²) in [4.78, 5) is 0. The fourth-order valence-electron chi connectivity index (χ4n) is 1.95. The van der Waals surface area contributed by atoms with E-state index in [-0.39, 0.29) is 5.69 Å². The molecule has 0 aromatic heterocycles. The molecular formula is C15H15F3N2. The second-order valence-corrected chi connectivity index (χ2v) is 4.44. The van der Waals surface area contributed by atoms with E-state index >= 15 is 0 Å². The number of para-hydroxylation sites is 1. The van der Waals surface area contributed by atoms with Gasteiger partial charge in [0.1, 0.15) is 0 Å². The van der Waals surface area contributed by atoms with Crippen molar-refractivity contribution in [2.45, 2.75) is 19.5 Å². The maximum absolute atomic E-state index is 12.6. The van der Waals surface area contributed by atoms with Gasteiger partial charge in [0.15, 0.2) is 0 Å². The molecule has 0 aliphatic carbocycles. The van der Waals surface area contributed by atoms with Gasteiger partial charge < -0.3 is 11.1 Å². The van der Waals surface area contributed by atoms with Gasteiger partial charge >= 0.3 is 6.18 Å². The van der Waals surface area contributed by atoms with E-state index in [1.54, 1.807) is 0 Å². The Bertz CT molecular complexity index is 606. The summed E-state index contributed by atoms with van der Waals surface area (Å²) >= 11 is 0. The van der Waals surface area contributed by atoms with Crippen molar-refractivity contribution in [1.82, 2.24) is 0 Å². The Kier molecular flexibility index (Phi) is 3.88. The number of nitrogen functional groups attached to an aromatic ring is 1. The van der Waals surface area contributed by atoms with Gasteiger partial charge in [-0.2, -0.15) is 13.2 Å². The fourth-order valence-corrected chi connectivity index (χ4v) is 1.95. The number of rotatable bonds is 3. The first kappa shape index (κ1) is 14.2. The average Bonchev–Trinajstić information content (AvgIpc) is 2.40. The minimum absolute atomic E-state index is 0.0748. The van der Waals surface area contributed by atoms with Crippen LogP contribution in [0.25, 0.3) is 0 Å². The number of anilines is 3. The third-order valence-electron chi connectivity index (χ3n) is 3.05. The van der Waals surface area contributed by atoms with E-state index in [1.807, 2.05) is 31.2 Å². The third kappa shape index (κ3) is 3.04. The lowest BCUT2D eigenvalue weighted by atomic mass is 10.1. The van der Waals surface area contributed by atoms with Crippen molar-refractivity contribution < 1.29 is 13.2 Å². The molecular weight excluding hydrogens is 265 g/mol. The quantitative estimate of drug-likeness (QED) is 0.807. The molecule has 0 spiro atoms. The van der Waals surface area contributed by atoms with Crippen LogP contribution in [0, 0.1) is 0 Å². The number of halogens is 3. The zero-order valence-corrected chi connectivity index (χ0v) is 11.0. The number of alkyl halides is 3. The predicted octanol–water partition coefficient (Wildman–Crippen LogP) is 4.59. The van der Waals surface area contributed by atoms with Gasteiger partial charge in [-0.15, -0.1) is 0 Å². The van der Waals surface area contributed by atoms with E-state index in [0.29, 0.717) is 5.69 Å². The van der Waals surface area contributed by atoms with Crippen molar-refractivity contribution >= 4 is 17.1 Å². The number of aryl methyl sites for hydroxylation is 1. The minimum atomic E-state index is -4.38. The van der Waals surface area contributed by atoms with Gasteiger partial charge in [-0.05, 0) is 36.2 Å². The highest BCUT2D eigenvalue weighted by Crippen LogP contribution is 2.34. The summed E-state index contributed by atoms with van der Waals surface area (Å²) in [6.07, 6.45) is -3.56. The molecule has 2 aromatic carbocycles. The lowest BCUT2D eigenvalue weighted by Gasteiger charge is -2.14. The second-order valence-electron chi connectivity index (χ2n) is 4.44. The molecule has 3 N–H and O–H groups in total. The van der Waals surface area contributed by atoms with Crippen molar-refractivity contribution in [2.75, 3.05) is 11.1 Å². The zero-order valence-electron chi connectivity index (χ0n) is 11.0. The molecule has 106 valence electrons. The van der Waals surface area contributed by atoms with E-state index in [1.165, 1.54) is 6.07 Å². The molecule has 2 aromatic rings. The summed E-state index contributed by atoms with van der Waals surface area (Å²) in [7, 11) is 0. The molecule has 0 atom stereocenters. The highest BCUT2D eigenvalue weighted by molar-refractivity contribution is 5.74. The summed E-state index contributed by atoms with van der Waals surface area (Å²) < 4.78 is 37.7. The van der Waals surface area contributed by atoms with Crippen LogP contribution < -0.4 is 11.1 Å². The van der Waals surface area contributed by atoms with Crippen LogP contribution in [0.1, 0.15) is 18.1 Å². The Labute approximate surface area is 115 Å². The first-order valence-corrected chi connectivity index (χ1v) is 6.23. The number of hydrogen-bond acceptors (Lipinski definition) is 2. The van der Waals surface area contributed by atoms with Crippen LogP contribution in [0.3, 0.4) is 0 Å². The summed E-state index contributed by atoms with van der Waals surface area (Å²) in [6.45, 7) is 2.01. The molecule has 0 radical (unpaired) electrons. The van der Waals surface area contributed by atoms with Crippen molar-refractivity contribution in [3.8, 4) is 0 Å². The minimum Gasteiger partial charge on any atom is -0.397 e. The highest BCUT2D eigenvalue weighted by atomic mass is 19.4. The number of nitrogens with one attached hydrogen (secondary N) is 1. The summed E-state index contributed by atoms with van der Waals surface area (Å²) in [5, 5.41) is 3.08. The second kappa shape index (κ2) is 5.45. The van der Waals surface area contributed by atoms with E-state index < -0.39 is 11.7 Å². The Morgan fingerprint density at radius 2 is 1.75 bits per heavy atom. The van der Waals surface area contributed by atoms with E-state index in [0.717, 1.165) is 29.8 Å². The number of benzene rings is 2. The largest absolute Gasteiger partial charge is 0.416 e. The summed E-state index contributed by atoms with van der Waals surface area (Å²) in [6, 6.07) is 10.9. The Morgan fingerprint density at radius 1 is 1.05 bits per heavy atom. The Hall–Kier alpha value is -2.17. The summed E-state index contributed by atoms with van der Waals surface area (Å²) in [5.41, 5.74) is 7.42. The zero-order chi connectivity index (χ0) is 14.8. The van der Waals surface area contributed by atoms with Gasteiger partial charge in [0.2, 0.25) is 0 Å². The van der Waals surface area contributed by atoms with Crippen LogP contribution in [0.4, 0.5) is 30.2 Å². The van der Waals surface area contributed by atoms with Crippen LogP contribution in [0.2, 0.25) is 0 Å². The van der Waals surface area contributed by atoms with Crippen LogP contribution in [-0.2, 0) is 12.6 Å². The molecule has 2 nitrogen and oxygen atoms in total. The van der Waals surface area contributed by atoms with E-state index in [2.05, 4.69) is 5.32 Å². The molecule has 0 saturated heterocycles. The lowest BCUT2D eigenvalue weighted by Crippen LogP contribution is -2.07. The Morgan fingerprint density at radius 3 is 2.35 bits per heavy atom. The summed E-state index contributed by atoms with van der Waals surface area (Å²) in [5.74, 6) is 0. The molecule has 20 heavy (non-hydrogen) atoms. The van der Waals surface area contributed by atoms with Crippen molar-refractivity contribution in [2.24, 2.45) is 0 Å². The molecule has 0 heterocycles.